The summed E-state index contributed by atoms with van der Waals surface area (Å²) in [6.45, 7) is 5.56. The number of nitrogens with zero attached hydrogens (tertiary/aromatic N) is 3. The van der Waals surface area contributed by atoms with Gasteiger partial charge in [-0.3, -0.25) is 14.6 Å². The quantitative estimate of drug-likeness (QED) is 0.362. The average Bonchev–Trinajstić information content (AvgIpc) is 3.18. The number of ether oxygens (including phenoxy) is 1. The van der Waals surface area contributed by atoms with Crippen LogP contribution in [0.15, 0.2) is 36.4 Å². The minimum Gasteiger partial charge on any atom is -0.491 e. The molecule has 2 N–H and O–H groups in total. The highest BCUT2D eigenvalue weighted by Gasteiger charge is 2.27. The Hall–Kier alpha value is -1.59. The van der Waals surface area contributed by atoms with Crippen LogP contribution in [0.25, 0.3) is 10.2 Å². The monoisotopic (exact) mass is 540 g/mol. The first-order chi connectivity index (χ1) is 16.3. The molecule has 2 atom stereocenters. The van der Waals surface area contributed by atoms with Crippen molar-refractivity contribution >= 4 is 62.6 Å². The Kier molecular flexibility index (Phi) is 8.57. The van der Waals surface area contributed by atoms with Crippen LogP contribution in [0, 0.1) is 6.92 Å². The maximum absolute atomic E-state index is 11.7. The van der Waals surface area contributed by atoms with E-state index in [9.17, 15) is 9.90 Å². The van der Waals surface area contributed by atoms with Gasteiger partial charge in [0.1, 0.15) is 24.6 Å². The van der Waals surface area contributed by atoms with Crippen LogP contribution in [0.4, 0.5) is 4.79 Å². The molecule has 0 saturated carbocycles. The molecule has 1 fully saturated rings. The number of amides is 1. The lowest BCUT2D eigenvalue weighted by molar-refractivity contribution is 0.0334. The number of aliphatic hydroxyl groups excluding tert-OH is 1. The van der Waals surface area contributed by atoms with Gasteiger partial charge in [0.2, 0.25) is 0 Å². The number of halogens is 2. The van der Waals surface area contributed by atoms with Crippen LogP contribution in [0.1, 0.15) is 16.7 Å². The first-order valence-electron chi connectivity index (χ1n) is 10.9. The number of piperazine rings is 1. The number of nitrogens with one attached hydrogen (secondary N) is 1. The minimum absolute atomic E-state index is 0.205. The van der Waals surface area contributed by atoms with E-state index >= 15 is 0 Å². The first kappa shape index (κ1) is 25.5. The van der Waals surface area contributed by atoms with Gasteiger partial charge < -0.3 is 15.2 Å². The van der Waals surface area contributed by atoms with Crippen LogP contribution in [0.5, 0.6) is 5.75 Å². The molecule has 1 amide bonds. The maximum Gasteiger partial charge on any atom is 0.277 e. The van der Waals surface area contributed by atoms with Crippen molar-refractivity contribution in [3.8, 4) is 5.75 Å². The van der Waals surface area contributed by atoms with Gasteiger partial charge in [0.15, 0.2) is 0 Å². The normalized spacial score (nSPS) is 17.0. The summed E-state index contributed by atoms with van der Waals surface area (Å²) in [6.07, 6.45) is -0.984. The van der Waals surface area contributed by atoms with Gasteiger partial charge in [-0.25, -0.2) is 4.98 Å². The molecule has 4 rings (SSSR count). The number of aliphatic hydroxyl groups is 1. The number of benzene rings is 2. The fraction of sp³-hybridized carbons (Fsp3) is 0.391. The van der Waals surface area contributed by atoms with Gasteiger partial charge in [0.05, 0.1) is 25.3 Å². The number of hydrogen-bond donors (Lipinski definition) is 3. The number of hydrogen-bond acceptors (Lipinski definition) is 7. The fourth-order valence-corrected chi connectivity index (χ4v) is 5.28. The Morgan fingerprint density at radius 1 is 1.21 bits per heavy atom. The number of carbonyl (C=O) groups is 1. The molecule has 2 aromatic carbocycles. The molecule has 0 radical (unpaired) electrons. The molecular weight excluding hydrogens is 515 g/mol. The van der Waals surface area contributed by atoms with Gasteiger partial charge in [-0.1, -0.05) is 41.9 Å². The predicted molar refractivity (Wildman–Crippen MR) is 141 cm³/mol. The summed E-state index contributed by atoms with van der Waals surface area (Å²) < 4.78 is 6.93. The number of aromatic nitrogens is 1. The highest BCUT2D eigenvalue weighted by Crippen LogP contribution is 2.28. The summed E-state index contributed by atoms with van der Waals surface area (Å²) in [7, 11) is 0. The SMILES string of the molecule is Cc1nc2cc(OCC(O)CN3CCN(C(NC(=O)S)c4ccc(Cl)c(Cl)c4)CC3)ccc2s1. The van der Waals surface area contributed by atoms with Gasteiger partial charge in [-0.2, -0.15) is 0 Å². The lowest BCUT2D eigenvalue weighted by Gasteiger charge is -2.40. The second-order valence-electron chi connectivity index (χ2n) is 8.19. The van der Waals surface area contributed by atoms with Gasteiger partial charge in [-0.05, 0) is 36.8 Å². The Morgan fingerprint density at radius 2 is 1.97 bits per heavy atom. The van der Waals surface area contributed by atoms with Crippen molar-refractivity contribution in [1.82, 2.24) is 20.1 Å². The largest absolute Gasteiger partial charge is 0.491 e. The van der Waals surface area contributed by atoms with Crippen molar-refractivity contribution in [2.45, 2.75) is 19.2 Å². The molecule has 1 aromatic heterocycles. The number of β-amino-alcohol motifs (C(OH)–C–C–N with tert-alkyl or cyclic N) is 1. The second kappa shape index (κ2) is 11.4. The average molecular weight is 542 g/mol. The smallest absolute Gasteiger partial charge is 0.277 e. The highest BCUT2D eigenvalue weighted by molar-refractivity contribution is 7.96. The van der Waals surface area contributed by atoms with Gasteiger partial charge >= 0.3 is 0 Å². The van der Waals surface area contributed by atoms with E-state index in [2.05, 4.69) is 32.7 Å². The molecule has 2 heterocycles. The molecule has 1 saturated heterocycles. The predicted octanol–water partition coefficient (Wildman–Crippen LogP) is 4.61. The van der Waals surface area contributed by atoms with Crippen molar-refractivity contribution in [1.29, 1.82) is 0 Å². The van der Waals surface area contributed by atoms with Crippen LogP contribution in [0.2, 0.25) is 10.0 Å². The number of thiazole rings is 1. The van der Waals surface area contributed by atoms with Crippen LogP contribution >= 0.6 is 47.2 Å². The van der Waals surface area contributed by atoms with E-state index in [1.54, 1.807) is 23.5 Å². The standard InChI is InChI=1S/C23H26Cl2N4O3S2/c1-14-26-20-11-17(3-5-21(20)34-14)32-13-16(30)12-28-6-8-29(9-7-28)22(27-23(31)33)15-2-4-18(24)19(25)10-15/h2-5,10-11,16,22,30H,6-9,12-13H2,1H3,(H2,27,31,33). The Balaban J connectivity index is 1.29. The van der Waals surface area contributed by atoms with Crippen LogP contribution in [-0.4, -0.2) is 70.6 Å². The third-order valence-corrected chi connectivity index (χ3v) is 7.49. The summed E-state index contributed by atoms with van der Waals surface area (Å²) in [5.74, 6) is 0.702. The van der Waals surface area contributed by atoms with Gasteiger partial charge in [0.25, 0.3) is 5.24 Å². The van der Waals surface area contributed by atoms with E-state index in [1.807, 2.05) is 31.2 Å². The summed E-state index contributed by atoms with van der Waals surface area (Å²) in [4.78, 5) is 20.5. The molecule has 1 aliphatic rings. The maximum atomic E-state index is 11.7. The number of aryl methyl sites for hydroxylation is 1. The molecule has 182 valence electrons. The van der Waals surface area contributed by atoms with Crippen LogP contribution < -0.4 is 10.1 Å². The Morgan fingerprint density at radius 3 is 2.68 bits per heavy atom. The van der Waals surface area contributed by atoms with E-state index in [0.29, 0.717) is 35.4 Å². The molecule has 0 aliphatic carbocycles. The molecular formula is C23H26Cl2N4O3S2. The van der Waals surface area contributed by atoms with E-state index in [-0.39, 0.29) is 12.8 Å². The van der Waals surface area contributed by atoms with Crippen molar-refractivity contribution in [3.63, 3.8) is 0 Å². The van der Waals surface area contributed by atoms with E-state index in [0.717, 1.165) is 33.9 Å². The number of fused-ring (bicyclic) bond motifs is 1. The fourth-order valence-electron chi connectivity index (χ4n) is 4.04. The van der Waals surface area contributed by atoms with Crippen LogP contribution in [-0.2, 0) is 0 Å². The number of thiol groups is 1. The lowest BCUT2D eigenvalue weighted by Crippen LogP contribution is -2.52. The zero-order valence-electron chi connectivity index (χ0n) is 18.6. The summed E-state index contributed by atoms with van der Waals surface area (Å²) in [5, 5.41) is 14.9. The molecule has 7 nitrogen and oxygen atoms in total. The van der Waals surface area contributed by atoms with Crippen molar-refractivity contribution in [3.05, 3.63) is 57.0 Å². The van der Waals surface area contributed by atoms with E-state index < -0.39 is 11.3 Å². The molecule has 3 aromatic rings. The van der Waals surface area contributed by atoms with Crippen molar-refractivity contribution < 1.29 is 14.6 Å². The van der Waals surface area contributed by atoms with E-state index in [1.165, 1.54) is 0 Å². The lowest BCUT2D eigenvalue weighted by atomic mass is 10.1. The summed E-state index contributed by atoms with van der Waals surface area (Å²) >= 11 is 17.8. The van der Waals surface area contributed by atoms with Crippen molar-refractivity contribution in [2.24, 2.45) is 0 Å². The molecule has 11 heteroatoms. The number of rotatable bonds is 8. The van der Waals surface area contributed by atoms with Crippen molar-refractivity contribution in [2.75, 3.05) is 39.3 Å². The third kappa shape index (κ3) is 6.54. The molecule has 1 aliphatic heterocycles. The first-order valence-corrected chi connectivity index (χ1v) is 12.9. The van der Waals surface area contributed by atoms with Crippen LogP contribution in [0.3, 0.4) is 0 Å². The molecule has 34 heavy (non-hydrogen) atoms. The third-order valence-electron chi connectivity index (χ3n) is 5.67. The van der Waals surface area contributed by atoms with Gasteiger partial charge in [0, 0.05) is 38.8 Å². The minimum atomic E-state index is -0.623. The topological polar surface area (TPSA) is 77.9 Å². The second-order valence-corrected chi connectivity index (χ2v) is 10.6. The highest BCUT2D eigenvalue weighted by atomic mass is 35.5. The van der Waals surface area contributed by atoms with Gasteiger partial charge in [-0.15, -0.1) is 11.3 Å². The Bertz CT molecular complexity index is 1150. The molecule has 0 bridgehead atoms. The molecule has 0 spiro atoms. The van der Waals surface area contributed by atoms with E-state index in [4.69, 9.17) is 27.9 Å². The zero-order valence-corrected chi connectivity index (χ0v) is 21.8. The molecule has 2 unspecified atom stereocenters. The zero-order chi connectivity index (χ0) is 24.2. The summed E-state index contributed by atoms with van der Waals surface area (Å²) in [6, 6.07) is 11.1. The number of carbonyl (C=O) groups excluding carboxylic acids is 1. The summed E-state index contributed by atoms with van der Waals surface area (Å²) in [5.41, 5.74) is 1.75. The Labute approximate surface area is 218 Å².